The van der Waals surface area contributed by atoms with Gasteiger partial charge in [0.15, 0.2) is 5.16 Å². The quantitative estimate of drug-likeness (QED) is 0.374. The smallest absolute Gasteiger partial charge is 0.191 e. The first-order chi connectivity index (χ1) is 8.30. The first-order valence-electron chi connectivity index (χ1n) is 5.75. The molecule has 0 aliphatic carbocycles. The van der Waals surface area contributed by atoms with Gasteiger partial charge >= 0.3 is 0 Å². The van der Waals surface area contributed by atoms with Crippen molar-refractivity contribution in [3.63, 3.8) is 0 Å². The van der Waals surface area contributed by atoms with Crippen LogP contribution in [0.5, 0.6) is 0 Å². The van der Waals surface area contributed by atoms with Gasteiger partial charge < -0.3 is 15.7 Å². The second kappa shape index (κ2) is 8.14. The fourth-order valence-corrected chi connectivity index (χ4v) is 1.74. The van der Waals surface area contributed by atoms with Crippen molar-refractivity contribution in [1.82, 2.24) is 9.97 Å². The maximum absolute atomic E-state index is 8.67. The number of nitrogens with zero attached hydrogens (tertiary/aromatic N) is 2. The third kappa shape index (κ3) is 5.23. The van der Waals surface area contributed by atoms with Gasteiger partial charge in [0.25, 0.3) is 0 Å². The second-order valence-corrected chi connectivity index (χ2v) is 4.36. The van der Waals surface area contributed by atoms with Gasteiger partial charge in [0, 0.05) is 26.3 Å². The third-order valence-electron chi connectivity index (χ3n) is 2.29. The van der Waals surface area contributed by atoms with Crippen LogP contribution in [0.4, 0.5) is 11.6 Å². The van der Waals surface area contributed by atoms with Crippen LogP contribution in [-0.2, 0) is 0 Å². The van der Waals surface area contributed by atoms with Crippen LogP contribution in [-0.4, -0.2) is 41.5 Å². The van der Waals surface area contributed by atoms with Gasteiger partial charge in [-0.15, -0.1) is 0 Å². The molecule has 0 bridgehead atoms. The summed E-state index contributed by atoms with van der Waals surface area (Å²) in [4.78, 5) is 8.66. The van der Waals surface area contributed by atoms with Gasteiger partial charge in [-0.2, -0.15) is 0 Å². The Morgan fingerprint density at radius 3 is 2.65 bits per heavy atom. The van der Waals surface area contributed by atoms with Crippen molar-refractivity contribution in [1.29, 1.82) is 0 Å². The van der Waals surface area contributed by atoms with Crippen molar-refractivity contribution in [3.05, 3.63) is 6.07 Å². The van der Waals surface area contributed by atoms with Crippen LogP contribution in [0.2, 0.25) is 0 Å². The minimum atomic E-state index is 0.272. The number of aliphatic hydroxyl groups is 1. The molecule has 0 fully saturated rings. The lowest BCUT2D eigenvalue weighted by Crippen LogP contribution is -2.06. The molecule has 0 aromatic carbocycles. The number of aromatic nitrogens is 2. The third-order valence-corrected chi connectivity index (χ3v) is 2.83. The maximum atomic E-state index is 8.67. The van der Waals surface area contributed by atoms with E-state index in [-0.39, 0.29) is 6.61 Å². The summed E-state index contributed by atoms with van der Waals surface area (Å²) in [6, 6.07) is 1.89. The van der Waals surface area contributed by atoms with Gasteiger partial charge in [0.2, 0.25) is 0 Å². The molecule has 0 atom stereocenters. The Labute approximate surface area is 106 Å². The van der Waals surface area contributed by atoms with Crippen LogP contribution in [0.25, 0.3) is 0 Å². The van der Waals surface area contributed by atoms with Crippen molar-refractivity contribution in [2.24, 2.45) is 0 Å². The zero-order valence-electron chi connectivity index (χ0n) is 10.4. The van der Waals surface area contributed by atoms with Crippen molar-refractivity contribution in [2.75, 3.05) is 37.1 Å². The minimum Gasteiger partial charge on any atom is -0.396 e. The van der Waals surface area contributed by atoms with E-state index in [1.165, 1.54) is 11.8 Å². The summed E-state index contributed by atoms with van der Waals surface area (Å²) >= 11 is 1.52. The molecule has 17 heavy (non-hydrogen) atoms. The second-order valence-electron chi connectivity index (χ2n) is 3.59. The van der Waals surface area contributed by atoms with E-state index in [2.05, 4.69) is 20.6 Å². The van der Waals surface area contributed by atoms with E-state index < -0.39 is 0 Å². The molecule has 3 N–H and O–H groups in total. The normalized spacial score (nSPS) is 10.3. The lowest BCUT2D eigenvalue weighted by atomic mass is 10.2. The molecule has 1 aromatic heterocycles. The number of anilines is 2. The fraction of sp³-hybridized carbons (Fsp3) is 0.636. The van der Waals surface area contributed by atoms with Crippen molar-refractivity contribution in [3.8, 4) is 0 Å². The molecule has 0 saturated carbocycles. The number of thioether (sulfide) groups is 1. The first-order valence-corrected chi connectivity index (χ1v) is 6.98. The summed E-state index contributed by atoms with van der Waals surface area (Å²) in [5.41, 5.74) is 0. The Kier molecular flexibility index (Phi) is 6.73. The van der Waals surface area contributed by atoms with Gasteiger partial charge in [-0.05, 0) is 25.5 Å². The maximum Gasteiger partial charge on any atom is 0.191 e. The highest BCUT2D eigenvalue weighted by Crippen LogP contribution is 2.16. The number of nitrogens with one attached hydrogen (secondary N) is 2. The summed E-state index contributed by atoms with van der Waals surface area (Å²) in [5, 5.41) is 15.7. The van der Waals surface area contributed by atoms with Crippen LogP contribution in [0.1, 0.15) is 19.3 Å². The fourth-order valence-electron chi connectivity index (χ4n) is 1.37. The topological polar surface area (TPSA) is 70.1 Å². The molecule has 0 aliphatic rings. The molecule has 6 heteroatoms. The zero-order chi connectivity index (χ0) is 12.5. The molecule has 1 heterocycles. The Hall–Kier alpha value is -1.01. The molecule has 96 valence electrons. The van der Waals surface area contributed by atoms with Crippen LogP contribution in [0.3, 0.4) is 0 Å². The molecule has 1 aromatic rings. The average Bonchev–Trinajstić information content (AvgIpc) is 2.38. The van der Waals surface area contributed by atoms with E-state index in [1.54, 1.807) is 0 Å². The Balaban J connectivity index is 2.46. The zero-order valence-corrected chi connectivity index (χ0v) is 11.2. The van der Waals surface area contributed by atoms with E-state index in [1.807, 2.05) is 19.4 Å². The summed E-state index contributed by atoms with van der Waals surface area (Å²) in [7, 11) is 1.84. The van der Waals surface area contributed by atoms with E-state index >= 15 is 0 Å². The lowest BCUT2D eigenvalue weighted by Gasteiger charge is -2.08. The largest absolute Gasteiger partial charge is 0.396 e. The highest BCUT2D eigenvalue weighted by molar-refractivity contribution is 7.98. The van der Waals surface area contributed by atoms with E-state index in [4.69, 9.17) is 5.11 Å². The molecular weight excluding hydrogens is 236 g/mol. The Morgan fingerprint density at radius 2 is 2.00 bits per heavy atom. The van der Waals surface area contributed by atoms with Crippen LogP contribution in [0.15, 0.2) is 11.2 Å². The van der Waals surface area contributed by atoms with Gasteiger partial charge in [-0.1, -0.05) is 11.8 Å². The monoisotopic (exact) mass is 256 g/mol. The average molecular weight is 256 g/mol. The lowest BCUT2D eigenvalue weighted by molar-refractivity contribution is 0.283. The van der Waals surface area contributed by atoms with Gasteiger partial charge in [0.1, 0.15) is 11.6 Å². The van der Waals surface area contributed by atoms with Crippen molar-refractivity contribution < 1.29 is 5.11 Å². The molecule has 0 aliphatic heterocycles. The van der Waals surface area contributed by atoms with Crippen molar-refractivity contribution in [2.45, 2.75) is 24.4 Å². The van der Waals surface area contributed by atoms with E-state index in [0.717, 1.165) is 42.6 Å². The standard InChI is InChI=1S/C11H20N4OS/c1-12-9-8-10(15-11(14-9)17-2)13-6-4-3-5-7-16/h8,16H,3-7H2,1-2H3,(H2,12,13,14,15). The summed E-state index contributed by atoms with van der Waals surface area (Å²) in [6.45, 7) is 1.14. The SMILES string of the molecule is CNc1cc(NCCCCCO)nc(SC)n1. The predicted molar refractivity (Wildman–Crippen MR) is 72.8 cm³/mol. The Bertz CT molecular complexity index is 313. The van der Waals surface area contributed by atoms with Gasteiger partial charge in [-0.25, -0.2) is 9.97 Å². The summed E-state index contributed by atoms with van der Waals surface area (Å²) < 4.78 is 0. The Morgan fingerprint density at radius 1 is 1.24 bits per heavy atom. The molecule has 0 spiro atoms. The van der Waals surface area contributed by atoms with E-state index in [0.29, 0.717) is 0 Å². The highest BCUT2D eigenvalue weighted by atomic mass is 32.2. The molecule has 0 amide bonds. The van der Waals surface area contributed by atoms with Gasteiger partial charge in [0.05, 0.1) is 0 Å². The molecule has 5 nitrogen and oxygen atoms in total. The van der Waals surface area contributed by atoms with Crippen LogP contribution in [0, 0.1) is 0 Å². The molecule has 0 radical (unpaired) electrons. The first kappa shape index (κ1) is 14.1. The van der Waals surface area contributed by atoms with E-state index in [9.17, 15) is 0 Å². The predicted octanol–water partition coefficient (Wildman–Crippen LogP) is 1.81. The summed E-state index contributed by atoms with van der Waals surface area (Å²) in [6.07, 6.45) is 4.89. The molecule has 1 rings (SSSR count). The molecule has 0 saturated heterocycles. The summed E-state index contributed by atoms with van der Waals surface area (Å²) in [5.74, 6) is 1.67. The van der Waals surface area contributed by atoms with Crippen LogP contribution >= 0.6 is 11.8 Å². The number of hydrogen-bond donors (Lipinski definition) is 3. The number of unbranched alkanes of at least 4 members (excludes halogenated alkanes) is 2. The number of aliphatic hydroxyl groups excluding tert-OH is 1. The molecule has 0 unspecified atom stereocenters. The van der Waals surface area contributed by atoms with Crippen LogP contribution < -0.4 is 10.6 Å². The van der Waals surface area contributed by atoms with Crippen molar-refractivity contribution >= 4 is 23.4 Å². The molecular formula is C11H20N4OS. The number of hydrogen-bond acceptors (Lipinski definition) is 6. The minimum absolute atomic E-state index is 0.272. The van der Waals surface area contributed by atoms with Gasteiger partial charge in [-0.3, -0.25) is 0 Å². The highest BCUT2D eigenvalue weighted by Gasteiger charge is 2.02. The number of rotatable bonds is 8.